The van der Waals surface area contributed by atoms with Gasteiger partial charge in [0.25, 0.3) is 5.91 Å². The summed E-state index contributed by atoms with van der Waals surface area (Å²) >= 11 is 0. The van der Waals surface area contributed by atoms with Gasteiger partial charge in [-0.2, -0.15) is 5.26 Å². The Morgan fingerprint density at radius 2 is 2.27 bits per heavy atom. The fourth-order valence-electron chi connectivity index (χ4n) is 2.24. The summed E-state index contributed by atoms with van der Waals surface area (Å²) < 4.78 is 5.27. The Morgan fingerprint density at radius 3 is 2.82 bits per heavy atom. The second-order valence-corrected chi connectivity index (χ2v) is 5.65. The fourth-order valence-corrected chi connectivity index (χ4v) is 2.24. The third-order valence-electron chi connectivity index (χ3n) is 3.70. The Morgan fingerprint density at radius 1 is 1.59 bits per heavy atom. The highest BCUT2D eigenvalue weighted by Crippen LogP contribution is 2.39. The zero-order valence-electron chi connectivity index (χ0n) is 12.5. The molecule has 0 aliphatic heterocycles. The van der Waals surface area contributed by atoms with Gasteiger partial charge in [0.15, 0.2) is 12.4 Å². The number of rotatable bonds is 6. The molecule has 1 aliphatic rings. The molecule has 1 aromatic carbocycles. The van der Waals surface area contributed by atoms with Gasteiger partial charge in [-0.25, -0.2) is 0 Å². The van der Waals surface area contributed by atoms with Crippen molar-refractivity contribution in [1.82, 2.24) is 5.32 Å². The number of nitrogens with zero attached hydrogens (tertiary/aromatic N) is 2. The minimum Gasteiger partial charge on any atom is -0.477 e. The number of nitro benzene ring substituents is 1. The zero-order valence-corrected chi connectivity index (χ0v) is 12.5. The lowest BCUT2D eigenvalue weighted by atomic mass is 9.98. The highest BCUT2D eigenvalue weighted by Gasteiger charge is 2.43. The summed E-state index contributed by atoms with van der Waals surface area (Å²) in [5, 5.41) is 22.8. The van der Waals surface area contributed by atoms with E-state index in [2.05, 4.69) is 11.4 Å². The van der Waals surface area contributed by atoms with Crippen molar-refractivity contribution in [2.24, 2.45) is 5.92 Å². The molecule has 0 heterocycles. The molecule has 7 nitrogen and oxygen atoms in total. The second-order valence-electron chi connectivity index (χ2n) is 5.65. The first-order valence-electron chi connectivity index (χ1n) is 6.96. The quantitative estimate of drug-likeness (QED) is 0.640. The molecule has 1 amide bonds. The maximum Gasteiger partial charge on any atom is 0.310 e. The van der Waals surface area contributed by atoms with Crippen molar-refractivity contribution in [3.63, 3.8) is 0 Å². The van der Waals surface area contributed by atoms with Gasteiger partial charge in [0.1, 0.15) is 5.54 Å². The second kappa shape index (κ2) is 6.02. The summed E-state index contributed by atoms with van der Waals surface area (Å²) in [6.07, 6.45) is 1.82. The number of nitro groups is 1. The van der Waals surface area contributed by atoms with Gasteiger partial charge in [-0.3, -0.25) is 14.9 Å². The van der Waals surface area contributed by atoms with E-state index in [1.165, 1.54) is 12.1 Å². The van der Waals surface area contributed by atoms with Crippen molar-refractivity contribution < 1.29 is 14.5 Å². The number of carbonyl (C=O) groups excluding carboxylic acids is 1. The summed E-state index contributed by atoms with van der Waals surface area (Å²) in [5.41, 5.74) is -0.302. The van der Waals surface area contributed by atoms with Crippen LogP contribution in [0.25, 0.3) is 0 Å². The number of nitrogens with one attached hydrogen (secondary N) is 1. The lowest BCUT2D eigenvalue weighted by Gasteiger charge is -2.22. The molecule has 1 atom stereocenters. The van der Waals surface area contributed by atoms with Crippen LogP contribution in [0.5, 0.6) is 5.75 Å². The van der Waals surface area contributed by atoms with Crippen LogP contribution in [0.1, 0.15) is 25.3 Å². The van der Waals surface area contributed by atoms with Gasteiger partial charge in [-0.1, -0.05) is 6.07 Å². The maximum absolute atomic E-state index is 11.9. The molecule has 7 heteroatoms. The largest absolute Gasteiger partial charge is 0.477 e. The molecule has 1 saturated carbocycles. The van der Waals surface area contributed by atoms with Crippen molar-refractivity contribution in [3.05, 3.63) is 33.9 Å². The van der Waals surface area contributed by atoms with Crippen LogP contribution >= 0.6 is 0 Å². The molecule has 22 heavy (non-hydrogen) atoms. The number of carbonyl (C=O) groups is 1. The SMILES string of the molecule is Cc1ccc([N+](=O)[O-])c(OCC(=O)N[C@@](C)(C#N)C2CC2)c1. The predicted molar refractivity (Wildman–Crippen MR) is 78.2 cm³/mol. The van der Waals surface area contributed by atoms with Crippen LogP contribution in [0.15, 0.2) is 18.2 Å². The molecular formula is C15H17N3O4. The summed E-state index contributed by atoms with van der Waals surface area (Å²) in [6.45, 7) is 3.09. The van der Waals surface area contributed by atoms with Crippen LogP contribution in [-0.4, -0.2) is 23.0 Å². The Hall–Kier alpha value is -2.62. The van der Waals surface area contributed by atoms with Crippen LogP contribution in [0, 0.1) is 34.3 Å². The first-order chi connectivity index (χ1) is 10.4. The van der Waals surface area contributed by atoms with Crippen LogP contribution in [0.2, 0.25) is 0 Å². The first-order valence-corrected chi connectivity index (χ1v) is 6.96. The molecule has 0 unspecified atom stereocenters. The summed E-state index contributed by atoms with van der Waals surface area (Å²) in [4.78, 5) is 22.3. The van der Waals surface area contributed by atoms with E-state index in [0.717, 1.165) is 18.4 Å². The van der Waals surface area contributed by atoms with E-state index in [-0.39, 0.29) is 24.0 Å². The number of aryl methyl sites for hydroxylation is 1. The molecule has 0 spiro atoms. The Kier molecular flexibility index (Phi) is 4.31. The Bertz CT molecular complexity index is 649. The minimum absolute atomic E-state index is 0.0465. The lowest BCUT2D eigenvalue weighted by Crippen LogP contribution is -2.48. The van der Waals surface area contributed by atoms with Crippen LogP contribution in [-0.2, 0) is 4.79 Å². The minimum atomic E-state index is -0.904. The normalized spacial score (nSPS) is 16.2. The Labute approximate surface area is 128 Å². The van der Waals surface area contributed by atoms with Gasteiger partial charge in [0, 0.05) is 6.07 Å². The van der Waals surface area contributed by atoms with Gasteiger partial charge in [0.05, 0.1) is 11.0 Å². The molecule has 0 radical (unpaired) electrons. The molecule has 0 saturated heterocycles. The first kappa shape index (κ1) is 15.8. The van der Waals surface area contributed by atoms with Gasteiger partial charge in [-0.15, -0.1) is 0 Å². The molecule has 2 rings (SSSR count). The smallest absolute Gasteiger partial charge is 0.310 e. The van der Waals surface area contributed by atoms with Gasteiger partial charge in [-0.05, 0) is 44.2 Å². The summed E-state index contributed by atoms with van der Waals surface area (Å²) in [7, 11) is 0. The van der Waals surface area contributed by atoms with E-state index in [4.69, 9.17) is 4.74 Å². The van der Waals surface area contributed by atoms with E-state index in [1.807, 2.05) is 0 Å². The standard InChI is InChI=1S/C15H17N3O4/c1-10-3-6-12(18(20)21)13(7-10)22-8-14(19)17-15(2,9-16)11-4-5-11/h3,6-7,11H,4-5,8H2,1-2H3,(H,17,19)/t15-/m0/s1. The van der Waals surface area contributed by atoms with Crippen LogP contribution < -0.4 is 10.1 Å². The maximum atomic E-state index is 11.9. The number of hydrogen-bond donors (Lipinski definition) is 1. The van der Waals surface area contributed by atoms with Crippen molar-refractivity contribution in [1.29, 1.82) is 5.26 Å². The number of nitriles is 1. The molecule has 1 aliphatic carbocycles. The number of hydrogen-bond acceptors (Lipinski definition) is 5. The van der Waals surface area contributed by atoms with E-state index in [9.17, 15) is 20.2 Å². The molecule has 1 aromatic rings. The number of benzene rings is 1. The summed E-state index contributed by atoms with van der Waals surface area (Å²) in [5.74, 6) is -0.258. The molecule has 116 valence electrons. The van der Waals surface area contributed by atoms with Crippen LogP contribution in [0.4, 0.5) is 5.69 Å². The molecule has 0 aromatic heterocycles. The topological polar surface area (TPSA) is 105 Å². The van der Waals surface area contributed by atoms with Crippen molar-refractivity contribution in [2.75, 3.05) is 6.61 Å². The molecule has 0 bridgehead atoms. The number of amides is 1. The molecule has 1 fully saturated rings. The monoisotopic (exact) mass is 303 g/mol. The zero-order chi connectivity index (χ0) is 16.3. The Balaban J connectivity index is 2.01. The molecular weight excluding hydrogens is 286 g/mol. The highest BCUT2D eigenvalue weighted by atomic mass is 16.6. The van der Waals surface area contributed by atoms with E-state index in [0.29, 0.717) is 0 Å². The molecule has 1 N–H and O–H groups in total. The van der Waals surface area contributed by atoms with Crippen molar-refractivity contribution in [2.45, 2.75) is 32.2 Å². The van der Waals surface area contributed by atoms with E-state index in [1.54, 1.807) is 19.9 Å². The highest BCUT2D eigenvalue weighted by molar-refractivity contribution is 5.79. The average molecular weight is 303 g/mol. The lowest BCUT2D eigenvalue weighted by molar-refractivity contribution is -0.385. The summed E-state index contributed by atoms with van der Waals surface area (Å²) in [6, 6.07) is 6.56. The van der Waals surface area contributed by atoms with Crippen molar-refractivity contribution in [3.8, 4) is 11.8 Å². The van der Waals surface area contributed by atoms with Crippen molar-refractivity contribution >= 4 is 11.6 Å². The van der Waals surface area contributed by atoms with Gasteiger partial charge in [0.2, 0.25) is 0 Å². The third-order valence-corrected chi connectivity index (χ3v) is 3.70. The fraction of sp³-hybridized carbons (Fsp3) is 0.467. The van der Waals surface area contributed by atoms with Crippen LogP contribution in [0.3, 0.4) is 0 Å². The van der Waals surface area contributed by atoms with E-state index >= 15 is 0 Å². The van der Waals surface area contributed by atoms with E-state index < -0.39 is 16.4 Å². The number of ether oxygens (including phenoxy) is 1. The average Bonchev–Trinajstić information content (AvgIpc) is 3.29. The predicted octanol–water partition coefficient (Wildman–Crippen LogP) is 2.09. The van der Waals surface area contributed by atoms with Gasteiger partial charge < -0.3 is 10.1 Å². The third kappa shape index (κ3) is 3.52. The van der Waals surface area contributed by atoms with Gasteiger partial charge >= 0.3 is 5.69 Å².